The first-order valence-electron chi connectivity index (χ1n) is 5.68. The Morgan fingerprint density at radius 3 is 2.50 bits per heavy atom. The Kier molecular flexibility index (Phi) is 8.24. The Balaban J connectivity index is 0.00000225. The second kappa shape index (κ2) is 8.20. The summed E-state index contributed by atoms with van der Waals surface area (Å²) >= 11 is 1.72. The predicted molar refractivity (Wildman–Crippen MR) is 73.2 cm³/mol. The molecule has 1 fully saturated rings. The Bertz CT molecular complexity index is 208. The number of nitrogens with one attached hydrogen (secondary N) is 1. The first kappa shape index (κ1) is 16.1. The molecule has 0 aromatic carbocycles. The van der Waals surface area contributed by atoms with Crippen molar-refractivity contribution >= 4 is 30.1 Å². The van der Waals surface area contributed by atoms with Crippen molar-refractivity contribution in [2.75, 3.05) is 12.0 Å². The number of carbonyl (C=O) groups excluding carboxylic acids is 1. The van der Waals surface area contributed by atoms with Gasteiger partial charge in [-0.25, -0.2) is 0 Å². The van der Waals surface area contributed by atoms with Crippen LogP contribution in [0.3, 0.4) is 0 Å². The van der Waals surface area contributed by atoms with Gasteiger partial charge in [-0.1, -0.05) is 6.92 Å². The summed E-state index contributed by atoms with van der Waals surface area (Å²) in [6, 6.07) is 0.711. The zero-order chi connectivity index (χ0) is 11.3. The van der Waals surface area contributed by atoms with Crippen LogP contribution in [-0.2, 0) is 4.79 Å². The summed E-state index contributed by atoms with van der Waals surface area (Å²) in [5.74, 6) is 1.22. The SMILES string of the molecule is CSCC(C)C(=O)NC1CCC(N)CC1.Cl. The maximum atomic E-state index is 11.7. The van der Waals surface area contributed by atoms with Crippen molar-refractivity contribution in [3.63, 3.8) is 0 Å². The lowest BCUT2D eigenvalue weighted by Crippen LogP contribution is -2.42. The molecule has 1 unspecified atom stereocenters. The van der Waals surface area contributed by atoms with Gasteiger partial charge in [0, 0.05) is 23.8 Å². The fourth-order valence-corrected chi connectivity index (χ4v) is 2.58. The Morgan fingerprint density at radius 2 is 2.00 bits per heavy atom. The minimum absolute atomic E-state index is 0. The summed E-state index contributed by atoms with van der Waals surface area (Å²) in [7, 11) is 0. The largest absolute Gasteiger partial charge is 0.353 e. The quantitative estimate of drug-likeness (QED) is 0.816. The molecular formula is C11H23ClN2OS. The van der Waals surface area contributed by atoms with Crippen LogP contribution in [0.1, 0.15) is 32.6 Å². The summed E-state index contributed by atoms with van der Waals surface area (Å²) in [6.45, 7) is 1.99. The Hall–Kier alpha value is 0.0700. The van der Waals surface area contributed by atoms with E-state index < -0.39 is 0 Å². The molecule has 0 aliphatic heterocycles. The highest BCUT2D eigenvalue weighted by atomic mass is 35.5. The smallest absolute Gasteiger partial charge is 0.223 e. The summed E-state index contributed by atoms with van der Waals surface area (Å²) in [6.07, 6.45) is 6.20. The third-order valence-electron chi connectivity index (χ3n) is 2.98. The second-order valence-electron chi connectivity index (χ2n) is 4.48. The predicted octanol–water partition coefficient (Wildman–Crippen LogP) is 1.79. The lowest BCUT2D eigenvalue weighted by Gasteiger charge is -2.27. The van der Waals surface area contributed by atoms with Crippen LogP contribution in [0.5, 0.6) is 0 Å². The van der Waals surface area contributed by atoms with E-state index in [4.69, 9.17) is 5.73 Å². The van der Waals surface area contributed by atoms with Gasteiger partial charge in [0.15, 0.2) is 0 Å². The Morgan fingerprint density at radius 1 is 1.44 bits per heavy atom. The van der Waals surface area contributed by atoms with Crippen LogP contribution in [0.25, 0.3) is 0 Å². The van der Waals surface area contributed by atoms with E-state index in [9.17, 15) is 4.79 Å². The molecule has 0 saturated heterocycles. The van der Waals surface area contributed by atoms with Crippen molar-refractivity contribution in [3.05, 3.63) is 0 Å². The van der Waals surface area contributed by atoms with E-state index in [0.29, 0.717) is 12.1 Å². The van der Waals surface area contributed by atoms with Crippen LogP contribution in [0.4, 0.5) is 0 Å². The molecule has 1 saturated carbocycles. The number of thioether (sulfide) groups is 1. The third-order valence-corrected chi connectivity index (χ3v) is 3.82. The molecule has 0 heterocycles. The van der Waals surface area contributed by atoms with Crippen molar-refractivity contribution in [2.45, 2.75) is 44.7 Å². The van der Waals surface area contributed by atoms with Crippen molar-refractivity contribution in [2.24, 2.45) is 11.7 Å². The van der Waals surface area contributed by atoms with Crippen LogP contribution in [-0.4, -0.2) is 30.0 Å². The molecule has 0 aromatic rings. The molecule has 0 spiro atoms. The highest BCUT2D eigenvalue weighted by molar-refractivity contribution is 7.98. The number of halogens is 1. The zero-order valence-electron chi connectivity index (χ0n) is 10.1. The number of nitrogens with two attached hydrogens (primary N) is 1. The van der Waals surface area contributed by atoms with E-state index in [1.54, 1.807) is 11.8 Å². The molecule has 16 heavy (non-hydrogen) atoms. The monoisotopic (exact) mass is 266 g/mol. The Labute approximate surface area is 109 Å². The molecule has 1 rings (SSSR count). The van der Waals surface area contributed by atoms with Gasteiger partial charge in [-0.15, -0.1) is 12.4 Å². The second-order valence-corrected chi connectivity index (χ2v) is 5.39. The molecule has 0 aromatic heterocycles. The molecule has 3 N–H and O–H groups in total. The van der Waals surface area contributed by atoms with E-state index in [2.05, 4.69) is 5.32 Å². The molecule has 1 aliphatic rings. The molecule has 5 heteroatoms. The van der Waals surface area contributed by atoms with Crippen LogP contribution < -0.4 is 11.1 Å². The fraction of sp³-hybridized carbons (Fsp3) is 0.909. The summed E-state index contributed by atoms with van der Waals surface area (Å²) in [4.78, 5) is 11.7. The van der Waals surface area contributed by atoms with E-state index in [1.807, 2.05) is 13.2 Å². The number of carbonyl (C=O) groups is 1. The van der Waals surface area contributed by atoms with Crippen molar-refractivity contribution in [1.82, 2.24) is 5.32 Å². The van der Waals surface area contributed by atoms with E-state index >= 15 is 0 Å². The zero-order valence-corrected chi connectivity index (χ0v) is 11.7. The highest BCUT2D eigenvalue weighted by Gasteiger charge is 2.21. The van der Waals surface area contributed by atoms with Gasteiger partial charge in [0.05, 0.1) is 0 Å². The molecule has 0 radical (unpaired) electrons. The number of hydrogen-bond donors (Lipinski definition) is 2. The van der Waals surface area contributed by atoms with Gasteiger partial charge in [0.25, 0.3) is 0 Å². The van der Waals surface area contributed by atoms with Crippen LogP contribution in [0.2, 0.25) is 0 Å². The van der Waals surface area contributed by atoms with Gasteiger partial charge in [0.1, 0.15) is 0 Å². The maximum absolute atomic E-state index is 11.7. The molecular weight excluding hydrogens is 244 g/mol. The van der Waals surface area contributed by atoms with E-state index in [1.165, 1.54) is 0 Å². The lowest BCUT2D eigenvalue weighted by molar-refractivity contribution is -0.124. The average molecular weight is 267 g/mol. The van der Waals surface area contributed by atoms with Gasteiger partial charge in [-0.05, 0) is 31.9 Å². The van der Waals surface area contributed by atoms with Gasteiger partial charge in [-0.3, -0.25) is 4.79 Å². The maximum Gasteiger partial charge on any atom is 0.223 e. The molecule has 0 bridgehead atoms. The fourth-order valence-electron chi connectivity index (χ4n) is 1.93. The van der Waals surface area contributed by atoms with Gasteiger partial charge in [0.2, 0.25) is 5.91 Å². The summed E-state index contributed by atoms with van der Waals surface area (Å²) in [5, 5.41) is 3.12. The van der Waals surface area contributed by atoms with Gasteiger partial charge in [-0.2, -0.15) is 11.8 Å². The number of hydrogen-bond acceptors (Lipinski definition) is 3. The van der Waals surface area contributed by atoms with Gasteiger partial charge >= 0.3 is 0 Å². The van der Waals surface area contributed by atoms with Crippen molar-refractivity contribution in [3.8, 4) is 0 Å². The van der Waals surface area contributed by atoms with Crippen LogP contribution in [0.15, 0.2) is 0 Å². The van der Waals surface area contributed by atoms with Gasteiger partial charge < -0.3 is 11.1 Å². The molecule has 1 atom stereocenters. The van der Waals surface area contributed by atoms with Crippen molar-refractivity contribution in [1.29, 1.82) is 0 Å². The molecule has 1 amide bonds. The van der Waals surface area contributed by atoms with E-state index in [0.717, 1.165) is 31.4 Å². The standard InChI is InChI=1S/C11H22N2OS.ClH/c1-8(7-15-2)11(14)13-10-5-3-9(12)4-6-10;/h8-10H,3-7,12H2,1-2H3,(H,13,14);1H. The summed E-state index contributed by atoms with van der Waals surface area (Å²) < 4.78 is 0. The normalized spacial score (nSPS) is 26.7. The number of rotatable bonds is 4. The molecule has 3 nitrogen and oxygen atoms in total. The minimum atomic E-state index is 0. The summed E-state index contributed by atoms with van der Waals surface area (Å²) in [5.41, 5.74) is 5.82. The first-order chi connectivity index (χ1) is 7.13. The minimum Gasteiger partial charge on any atom is -0.353 e. The average Bonchev–Trinajstić information content (AvgIpc) is 2.22. The van der Waals surface area contributed by atoms with Crippen LogP contribution in [0, 0.1) is 5.92 Å². The topological polar surface area (TPSA) is 55.1 Å². The van der Waals surface area contributed by atoms with Crippen molar-refractivity contribution < 1.29 is 4.79 Å². The molecule has 1 aliphatic carbocycles. The molecule has 96 valence electrons. The number of amides is 1. The first-order valence-corrected chi connectivity index (χ1v) is 7.07. The lowest BCUT2D eigenvalue weighted by atomic mass is 9.91. The highest BCUT2D eigenvalue weighted by Crippen LogP contribution is 2.17. The third kappa shape index (κ3) is 5.41. The van der Waals surface area contributed by atoms with Crippen LogP contribution >= 0.6 is 24.2 Å². The van der Waals surface area contributed by atoms with E-state index in [-0.39, 0.29) is 24.2 Å².